The molecule has 1 fully saturated rings. The average molecular weight is 287 g/mol. The Morgan fingerprint density at radius 2 is 2.22 bits per heavy atom. The summed E-state index contributed by atoms with van der Waals surface area (Å²) in [6, 6.07) is 3.16. The SMILES string of the molecule is CSC1(CNc2cc(Cl)c([N+](=O)[O-])cc2C)CC1. The third kappa shape index (κ3) is 2.72. The second kappa shape index (κ2) is 4.97. The summed E-state index contributed by atoms with van der Waals surface area (Å²) in [5.74, 6) is 0. The highest BCUT2D eigenvalue weighted by atomic mass is 35.5. The van der Waals surface area contributed by atoms with E-state index in [9.17, 15) is 10.1 Å². The van der Waals surface area contributed by atoms with Crippen LogP contribution in [0.25, 0.3) is 0 Å². The summed E-state index contributed by atoms with van der Waals surface area (Å²) in [5, 5.41) is 14.3. The van der Waals surface area contributed by atoms with Crippen LogP contribution in [0, 0.1) is 17.0 Å². The van der Waals surface area contributed by atoms with Crippen LogP contribution in [0.15, 0.2) is 12.1 Å². The van der Waals surface area contributed by atoms with Crippen LogP contribution >= 0.6 is 23.4 Å². The van der Waals surface area contributed by atoms with Crippen LogP contribution < -0.4 is 5.32 Å². The van der Waals surface area contributed by atoms with E-state index >= 15 is 0 Å². The molecule has 0 radical (unpaired) electrons. The fourth-order valence-electron chi connectivity index (χ4n) is 1.85. The zero-order valence-electron chi connectivity index (χ0n) is 10.3. The highest BCUT2D eigenvalue weighted by Gasteiger charge is 2.41. The fraction of sp³-hybridized carbons (Fsp3) is 0.500. The van der Waals surface area contributed by atoms with Gasteiger partial charge in [-0.25, -0.2) is 0 Å². The Morgan fingerprint density at radius 1 is 1.56 bits per heavy atom. The number of benzene rings is 1. The van der Waals surface area contributed by atoms with Crippen LogP contribution in [-0.2, 0) is 0 Å². The Labute approximate surface area is 115 Å². The van der Waals surface area contributed by atoms with Crippen LogP contribution in [0.5, 0.6) is 0 Å². The number of anilines is 1. The largest absolute Gasteiger partial charge is 0.383 e. The Hall–Kier alpha value is -0.940. The van der Waals surface area contributed by atoms with E-state index in [4.69, 9.17) is 11.6 Å². The van der Waals surface area contributed by atoms with Gasteiger partial charge in [0.25, 0.3) is 5.69 Å². The highest BCUT2D eigenvalue weighted by molar-refractivity contribution is 8.00. The highest BCUT2D eigenvalue weighted by Crippen LogP contribution is 2.47. The first-order valence-corrected chi connectivity index (χ1v) is 7.31. The Kier molecular flexibility index (Phi) is 3.73. The van der Waals surface area contributed by atoms with Gasteiger partial charge in [0.05, 0.1) is 4.92 Å². The maximum atomic E-state index is 10.8. The minimum Gasteiger partial charge on any atom is -0.383 e. The summed E-state index contributed by atoms with van der Waals surface area (Å²) in [4.78, 5) is 10.3. The van der Waals surface area contributed by atoms with Crippen LogP contribution in [-0.4, -0.2) is 22.5 Å². The average Bonchev–Trinajstić information content (AvgIpc) is 3.10. The van der Waals surface area contributed by atoms with Crippen molar-refractivity contribution in [2.45, 2.75) is 24.5 Å². The van der Waals surface area contributed by atoms with Gasteiger partial charge >= 0.3 is 0 Å². The van der Waals surface area contributed by atoms with Gasteiger partial charge in [0.15, 0.2) is 0 Å². The van der Waals surface area contributed by atoms with Crippen molar-refractivity contribution < 1.29 is 4.92 Å². The molecule has 0 saturated heterocycles. The zero-order valence-corrected chi connectivity index (χ0v) is 11.9. The molecule has 0 heterocycles. The standard InChI is InChI=1S/C12H15ClN2O2S/c1-8-5-11(15(16)17)9(13)6-10(8)14-7-12(18-2)3-4-12/h5-6,14H,3-4,7H2,1-2H3. The lowest BCUT2D eigenvalue weighted by atomic mass is 10.1. The predicted molar refractivity (Wildman–Crippen MR) is 76.8 cm³/mol. The number of hydrogen-bond donors (Lipinski definition) is 1. The van der Waals surface area contributed by atoms with Gasteiger partial charge in [0.2, 0.25) is 0 Å². The van der Waals surface area contributed by atoms with Gasteiger partial charge in [-0.2, -0.15) is 11.8 Å². The Bertz CT molecular complexity index is 489. The molecule has 0 amide bonds. The number of nitro groups is 1. The molecule has 0 aromatic heterocycles. The summed E-state index contributed by atoms with van der Waals surface area (Å²) in [7, 11) is 0. The second-order valence-electron chi connectivity index (χ2n) is 4.62. The summed E-state index contributed by atoms with van der Waals surface area (Å²) < 4.78 is 0.348. The molecular formula is C12H15ClN2O2S. The Balaban J connectivity index is 2.14. The molecule has 1 aromatic rings. The van der Waals surface area contributed by atoms with Crippen molar-refractivity contribution in [2.24, 2.45) is 0 Å². The molecule has 98 valence electrons. The monoisotopic (exact) mass is 286 g/mol. The van der Waals surface area contributed by atoms with Crippen LogP contribution in [0.4, 0.5) is 11.4 Å². The number of thioether (sulfide) groups is 1. The number of halogens is 1. The first-order valence-electron chi connectivity index (χ1n) is 5.71. The zero-order chi connectivity index (χ0) is 13.3. The minimum absolute atomic E-state index is 0.0364. The van der Waals surface area contributed by atoms with E-state index in [1.807, 2.05) is 18.7 Å². The van der Waals surface area contributed by atoms with Crippen molar-refractivity contribution in [3.05, 3.63) is 32.8 Å². The molecule has 4 nitrogen and oxygen atoms in total. The van der Waals surface area contributed by atoms with Crippen LogP contribution in [0.1, 0.15) is 18.4 Å². The fourth-order valence-corrected chi connectivity index (χ4v) is 2.80. The minimum atomic E-state index is -0.455. The number of nitrogens with zero attached hydrogens (tertiary/aromatic N) is 1. The number of aryl methyl sites for hydroxylation is 1. The molecule has 1 aromatic carbocycles. The summed E-state index contributed by atoms with van der Waals surface area (Å²) in [6.07, 6.45) is 4.56. The van der Waals surface area contributed by atoms with Gasteiger partial charge in [-0.05, 0) is 37.7 Å². The van der Waals surface area contributed by atoms with Gasteiger partial charge in [0, 0.05) is 23.0 Å². The number of hydrogen-bond acceptors (Lipinski definition) is 4. The third-order valence-electron chi connectivity index (χ3n) is 3.33. The van der Waals surface area contributed by atoms with Crippen LogP contribution in [0.2, 0.25) is 5.02 Å². The summed E-state index contributed by atoms with van der Waals surface area (Å²) >= 11 is 7.78. The molecule has 0 spiro atoms. The molecule has 0 unspecified atom stereocenters. The molecule has 1 N–H and O–H groups in total. The second-order valence-corrected chi connectivity index (χ2v) is 6.30. The van der Waals surface area contributed by atoms with E-state index in [2.05, 4.69) is 11.6 Å². The lowest BCUT2D eigenvalue weighted by molar-refractivity contribution is -0.384. The molecule has 0 atom stereocenters. The molecule has 0 aliphatic heterocycles. The van der Waals surface area contributed by atoms with Crippen molar-refractivity contribution >= 4 is 34.7 Å². The van der Waals surface area contributed by atoms with Crippen molar-refractivity contribution in [1.29, 1.82) is 0 Å². The Morgan fingerprint density at radius 3 is 2.72 bits per heavy atom. The van der Waals surface area contributed by atoms with Gasteiger partial charge in [-0.3, -0.25) is 10.1 Å². The van der Waals surface area contributed by atoms with Crippen molar-refractivity contribution in [3.8, 4) is 0 Å². The van der Waals surface area contributed by atoms with E-state index in [1.165, 1.54) is 18.9 Å². The topological polar surface area (TPSA) is 55.2 Å². The first-order chi connectivity index (χ1) is 8.47. The molecule has 1 aliphatic carbocycles. The summed E-state index contributed by atoms with van der Waals surface area (Å²) in [5.41, 5.74) is 1.69. The molecule has 1 saturated carbocycles. The van der Waals surface area contributed by atoms with Gasteiger partial charge < -0.3 is 5.32 Å². The third-order valence-corrected chi connectivity index (χ3v) is 5.05. The van der Waals surface area contributed by atoms with E-state index in [-0.39, 0.29) is 10.7 Å². The van der Waals surface area contributed by atoms with E-state index in [0.29, 0.717) is 4.75 Å². The summed E-state index contributed by atoms with van der Waals surface area (Å²) in [6.45, 7) is 2.73. The molecule has 2 rings (SSSR count). The normalized spacial score (nSPS) is 16.4. The van der Waals surface area contributed by atoms with E-state index < -0.39 is 4.92 Å². The number of nitrogens with one attached hydrogen (secondary N) is 1. The van der Waals surface area contributed by atoms with Gasteiger partial charge in [-0.1, -0.05) is 11.6 Å². The van der Waals surface area contributed by atoms with E-state index in [0.717, 1.165) is 17.8 Å². The molecule has 18 heavy (non-hydrogen) atoms. The van der Waals surface area contributed by atoms with Crippen molar-refractivity contribution in [3.63, 3.8) is 0 Å². The molecular weight excluding hydrogens is 272 g/mol. The maximum absolute atomic E-state index is 10.8. The number of nitro benzene ring substituents is 1. The lowest BCUT2D eigenvalue weighted by Crippen LogP contribution is -2.17. The van der Waals surface area contributed by atoms with Crippen LogP contribution in [0.3, 0.4) is 0 Å². The van der Waals surface area contributed by atoms with Crippen molar-refractivity contribution in [2.75, 3.05) is 18.1 Å². The molecule has 6 heteroatoms. The first kappa shape index (κ1) is 13.5. The smallest absolute Gasteiger partial charge is 0.288 e. The lowest BCUT2D eigenvalue weighted by Gasteiger charge is -2.16. The quantitative estimate of drug-likeness (QED) is 0.659. The van der Waals surface area contributed by atoms with Gasteiger partial charge in [0.1, 0.15) is 5.02 Å². The molecule has 1 aliphatic rings. The van der Waals surface area contributed by atoms with E-state index in [1.54, 1.807) is 6.07 Å². The predicted octanol–water partition coefficient (Wildman–Crippen LogP) is 3.86. The van der Waals surface area contributed by atoms with Gasteiger partial charge in [-0.15, -0.1) is 0 Å². The molecule has 0 bridgehead atoms. The van der Waals surface area contributed by atoms with Crippen molar-refractivity contribution in [1.82, 2.24) is 0 Å². The maximum Gasteiger partial charge on any atom is 0.288 e. The number of rotatable bonds is 5.